The second-order valence-electron chi connectivity index (χ2n) is 6.78. The van der Waals surface area contributed by atoms with Crippen LogP contribution in [0.1, 0.15) is 17.5 Å². The molecule has 134 valence electrons. The topological polar surface area (TPSA) is 60.9 Å². The maximum absolute atomic E-state index is 12.7. The molecule has 1 atom stereocenters. The number of anilines is 1. The van der Waals surface area contributed by atoms with Crippen LogP contribution < -0.4 is 4.90 Å². The molecule has 0 aromatic heterocycles. The van der Waals surface area contributed by atoms with Crippen LogP contribution in [-0.4, -0.2) is 60.7 Å². The fraction of sp³-hybridized carbons (Fsp3) is 0.500. The fourth-order valence-electron chi connectivity index (χ4n) is 3.64. The lowest BCUT2D eigenvalue weighted by atomic mass is 10.1. The van der Waals surface area contributed by atoms with Crippen molar-refractivity contribution in [1.82, 2.24) is 9.80 Å². The molecule has 7 heteroatoms. The minimum Gasteiger partial charge on any atom is -0.342 e. The lowest BCUT2D eigenvalue weighted by molar-refractivity contribution is -0.139. The molecule has 2 aliphatic heterocycles. The molecule has 3 rings (SSSR count). The van der Waals surface area contributed by atoms with Gasteiger partial charge in [-0.15, -0.1) is 0 Å². The average molecular weight is 364 g/mol. The molecule has 0 bridgehead atoms. The maximum Gasteiger partial charge on any atom is 0.228 e. The molecule has 0 spiro atoms. The summed E-state index contributed by atoms with van der Waals surface area (Å²) in [7, 11) is 0. The van der Waals surface area contributed by atoms with E-state index in [1.165, 1.54) is 0 Å². The Morgan fingerprint density at radius 3 is 2.48 bits per heavy atom. The summed E-state index contributed by atoms with van der Waals surface area (Å²) >= 11 is 6.36. The number of carbonyl (C=O) groups excluding carboxylic acids is 3. The van der Waals surface area contributed by atoms with E-state index in [-0.39, 0.29) is 24.2 Å². The predicted octanol–water partition coefficient (Wildman–Crippen LogP) is 1.61. The summed E-state index contributed by atoms with van der Waals surface area (Å²) < 4.78 is 0. The number of amides is 3. The highest BCUT2D eigenvalue weighted by Gasteiger charge is 2.38. The average Bonchev–Trinajstić information content (AvgIpc) is 2.95. The van der Waals surface area contributed by atoms with Crippen molar-refractivity contribution in [2.45, 2.75) is 20.3 Å². The van der Waals surface area contributed by atoms with E-state index in [9.17, 15) is 14.4 Å². The van der Waals surface area contributed by atoms with Gasteiger partial charge in [0.15, 0.2) is 0 Å². The third-order valence-corrected chi connectivity index (χ3v) is 5.21. The normalized spacial score (nSPS) is 21.0. The molecule has 2 aliphatic rings. The number of halogens is 1. The first kappa shape index (κ1) is 17.7. The van der Waals surface area contributed by atoms with Crippen LogP contribution >= 0.6 is 11.6 Å². The summed E-state index contributed by atoms with van der Waals surface area (Å²) in [6, 6.07) is 3.83. The Morgan fingerprint density at radius 1 is 1.20 bits per heavy atom. The number of rotatable bonds is 3. The summed E-state index contributed by atoms with van der Waals surface area (Å²) in [4.78, 5) is 41.1. The first-order chi connectivity index (χ1) is 11.9. The van der Waals surface area contributed by atoms with Gasteiger partial charge in [-0.05, 0) is 31.0 Å². The number of hydrogen-bond donors (Lipinski definition) is 0. The number of piperazine rings is 1. The molecule has 25 heavy (non-hydrogen) atoms. The minimum absolute atomic E-state index is 0.0118. The van der Waals surface area contributed by atoms with Gasteiger partial charge >= 0.3 is 0 Å². The Labute approximate surface area is 152 Å². The van der Waals surface area contributed by atoms with Crippen LogP contribution in [0.2, 0.25) is 5.02 Å². The van der Waals surface area contributed by atoms with Gasteiger partial charge in [0.2, 0.25) is 18.2 Å². The van der Waals surface area contributed by atoms with Crippen LogP contribution in [0, 0.1) is 19.8 Å². The number of benzene rings is 1. The summed E-state index contributed by atoms with van der Waals surface area (Å²) in [6.07, 6.45) is 1.02. The van der Waals surface area contributed by atoms with Crippen LogP contribution in [0.4, 0.5) is 5.69 Å². The van der Waals surface area contributed by atoms with Gasteiger partial charge in [0, 0.05) is 39.1 Å². The fourth-order valence-corrected chi connectivity index (χ4v) is 4.07. The highest BCUT2D eigenvalue weighted by molar-refractivity contribution is 6.34. The molecule has 0 radical (unpaired) electrons. The first-order valence-corrected chi connectivity index (χ1v) is 8.83. The van der Waals surface area contributed by atoms with Gasteiger partial charge in [-0.2, -0.15) is 0 Å². The quantitative estimate of drug-likeness (QED) is 0.766. The predicted molar refractivity (Wildman–Crippen MR) is 95.6 cm³/mol. The molecule has 2 saturated heterocycles. The number of nitrogens with zero attached hydrogens (tertiary/aromatic N) is 3. The Bertz CT molecular complexity index is 691. The molecule has 0 saturated carbocycles. The van der Waals surface area contributed by atoms with E-state index in [0.29, 0.717) is 43.4 Å². The lowest BCUT2D eigenvalue weighted by Crippen LogP contribution is -2.50. The van der Waals surface area contributed by atoms with Crippen molar-refractivity contribution in [2.75, 3.05) is 37.6 Å². The van der Waals surface area contributed by atoms with E-state index >= 15 is 0 Å². The van der Waals surface area contributed by atoms with Crippen molar-refractivity contribution in [1.29, 1.82) is 0 Å². The number of carbonyl (C=O) groups is 3. The molecule has 1 aromatic carbocycles. The summed E-state index contributed by atoms with van der Waals surface area (Å²) in [5.41, 5.74) is 2.68. The van der Waals surface area contributed by atoms with Crippen molar-refractivity contribution in [3.05, 3.63) is 28.3 Å². The first-order valence-electron chi connectivity index (χ1n) is 8.46. The molecular formula is C18H22ClN3O3. The van der Waals surface area contributed by atoms with Gasteiger partial charge in [0.1, 0.15) is 0 Å². The Hall–Kier alpha value is -2.08. The molecule has 2 fully saturated rings. The molecule has 0 N–H and O–H groups in total. The second kappa shape index (κ2) is 7.04. The minimum atomic E-state index is -0.355. The Balaban J connectivity index is 1.73. The highest BCUT2D eigenvalue weighted by atomic mass is 35.5. The van der Waals surface area contributed by atoms with E-state index in [2.05, 4.69) is 0 Å². The molecule has 6 nitrogen and oxygen atoms in total. The van der Waals surface area contributed by atoms with E-state index in [1.807, 2.05) is 26.0 Å². The van der Waals surface area contributed by atoms with Crippen molar-refractivity contribution >= 4 is 35.5 Å². The van der Waals surface area contributed by atoms with Gasteiger partial charge in [-0.3, -0.25) is 14.4 Å². The van der Waals surface area contributed by atoms with E-state index in [1.54, 1.807) is 14.7 Å². The van der Waals surface area contributed by atoms with Gasteiger partial charge in [0.05, 0.1) is 16.6 Å². The third-order valence-electron chi connectivity index (χ3n) is 4.92. The van der Waals surface area contributed by atoms with Crippen molar-refractivity contribution in [3.63, 3.8) is 0 Å². The zero-order valence-electron chi connectivity index (χ0n) is 14.5. The SMILES string of the molecule is Cc1cc(C)c(N2CC(C(=O)N3CCN(C=O)CC3)CC2=O)c(Cl)c1. The largest absolute Gasteiger partial charge is 0.342 e. The van der Waals surface area contributed by atoms with Crippen molar-refractivity contribution < 1.29 is 14.4 Å². The van der Waals surface area contributed by atoms with E-state index < -0.39 is 0 Å². The van der Waals surface area contributed by atoms with Gasteiger partial charge < -0.3 is 14.7 Å². The zero-order valence-corrected chi connectivity index (χ0v) is 15.3. The zero-order chi connectivity index (χ0) is 18.1. The highest BCUT2D eigenvalue weighted by Crippen LogP contribution is 2.35. The maximum atomic E-state index is 12.7. The van der Waals surface area contributed by atoms with Crippen molar-refractivity contribution in [2.24, 2.45) is 5.92 Å². The smallest absolute Gasteiger partial charge is 0.228 e. The van der Waals surface area contributed by atoms with Gasteiger partial charge in [0.25, 0.3) is 0 Å². The molecular weight excluding hydrogens is 342 g/mol. The van der Waals surface area contributed by atoms with Gasteiger partial charge in [-0.25, -0.2) is 0 Å². The summed E-state index contributed by atoms with van der Waals surface area (Å²) in [6.45, 7) is 6.37. The standard InChI is InChI=1S/C18H22ClN3O3/c1-12-7-13(2)17(15(19)8-12)22-10-14(9-16(22)24)18(25)21-5-3-20(11-23)4-6-21/h7-8,11,14H,3-6,9-10H2,1-2H3. The van der Waals surface area contributed by atoms with E-state index in [0.717, 1.165) is 17.5 Å². The van der Waals surface area contributed by atoms with E-state index in [4.69, 9.17) is 11.6 Å². The molecule has 1 unspecified atom stereocenters. The molecule has 1 aromatic rings. The third kappa shape index (κ3) is 3.49. The van der Waals surface area contributed by atoms with Crippen LogP contribution in [0.25, 0.3) is 0 Å². The second-order valence-corrected chi connectivity index (χ2v) is 7.19. The Kier molecular flexibility index (Phi) is 4.99. The lowest BCUT2D eigenvalue weighted by Gasteiger charge is -2.34. The van der Waals surface area contributed by atoms with Crippen LogP contribution in [0.3, 0.4) is 0 Å². The van der Waals surface area contributed by atoms with Crippen LogP contribution in [0.15, 0.2) is 12.1 Å². The molecule has 2 heterocycles. The number of aryl methyl sites for hydroxylation is 2. The monoisotopic (exact) mass is 363 g/mol. The van der Waals surface area contributed by atoms with Gasteiger partial charge in [-0.1, -0.05) is 17.7 Å². The summed E-state index contributed by atoms with van der Waals surface area (Å²) in [5, 5.41) is 0.540. The van der Waals surface area contributed by atoms with Crippen LogP contribution in [0.5, 0.6) is 0 Å². The Morgan fingerprint density at radius 2 is 1.88 bits per heavy atom. The van der Waals surface area contributed by atoms with Crippen LogP contribution in [-0.2, 0) is 14.4 Å². The number of hydrogen-bond acceptors (Lipinski definition) is 3. The molecule has 3 amide bonds. The molecule has 0 aliphatic carbocycles. The summed E-state index contributed by atoms with van der Waals surface area (Å²) in [5.74, 6) is -0.437. The van der Waals surface area contributed by atoms with Crippen molar-refractivity contribution in [3.8, 4) is 0 Å².